The van der Waals surface area contributed by atoms with Gasteiger partial charge in [-0.15, -0.1) is 11.3 Å². The van der Waals surface area contributed by atoms with Crippen molar-refractivity contribution in [2.24, 2.45) is 0 Å². The molecule has 0 bridgehead atoms. The number of halogens is 1. The molecule has 0 fully saturated rings. The molecule has 0 aliphatic heterocycles. The van der Waals surface area contributed by atoms with E-state index in [2.05, 4.69) is 41.1 Å². The predicted octanol–water partition coefficient (Wildman–Crippen LogP) is 4.37. The van der Waals surface area contributed by atoms with Gasteiger partial charge in [0.2, 0.25) is 0 Å². The Hall–Kier alpha value is -0.540. The molecule has 0 saturated carbocycles. The second-order valence-corrected chi connectivity index (χ2v) is 5.51. The summed E-state index contributed by atoms with van der Waals surface area (Å²) < 4.78 is 7.95. The highest BCUT2D eigenvalue weighted by atomic mass is 79.9. The van der Waals surface area contributed by atoms with Crippen LogP contribution in [0.3, 0.4) is 0 Å². The van der Waals surface area contributed by atoms with Crippen molar-refractivity contribution in [2.75, 3.05) is 6.61 Å². The Labute approximate surface area is 95.8 Å². The van der Waals surface area contributed by atoms with Crippen LogP contribution in [0, 0.1) is 6.92 Å². The highest BCUT2D eigenvalue weighted by molar-refractivity contribution is 9.11. The van der Waals surface area contributed by atoms with E-state index in [1.54, 1.807) is 11.3 Å². The van der Waals surface area contributed by atoms with Gasteiger partial charge in [-0.25, -0.2) is 0 Å². The van der Waals surface area contributed by atoms with Crippen molar-refractivity contribution >= 4 is 37.4 Å². The van der Waals surface area contributed by atoms with Gasteiger partial charge < -0.3 is 4.74 Å². The van der Waals surface area contributed by atoms with Gasteiger partial charge in [0, 0.05) is 10.1 Å². The minimum Gasteiger partial charge on any atom is -0.491 e. The van der Waals surface area contributed by atoms with Crippen molar-refractivity contribution in [2.45, 2.75) is 13.8 Å². The molecule has 2 rings (SSSR count). The molecule has 0 amide bonds. The van der Waals surface area contributed by atoms with Crippen LogP contribution in [0.25, 0.3) is 10.1 Å². The number of ether oxygens (including phenoxy) is 1. The van der Waals surface area contributed by atoms with Gasteiger partial charge in [-0.2, -0.15) is 0 Å². The van der Waals surface area contributed by atoms with E-state index in [1.807, 2.05) is 6.92 Å². The van der Waals surface area contributed by atoms with Crippen LogP contribution in [0.15, 0.2) is 22.0 Å². The summed E-state index contributed by atoms with van der Waals surface area (Å²) >= 11 is 5.25. The molecule has 3 heteroatoms. The van der Waals surface area contributed by atoms with Gasteiger partial charge in [0.1, 0.15) is 3.79 Å². The Bertz CT molecular complexity index is 462. The summed E-state index contributed by atoms with van der Waals surface area (Å²) in [4.78, 5) is 0. The Kier molecular flexibility index (Phi) is 2.79. The van der Waals surface area contributed by atoms with E-state index in [0.29, 0.717) is 6.61 Å². The van der Waals surface area contributed by atoms with E-state index < -0.39 is 0 Å². The number of aryl methyl sites for hydroxylation is 1. The highest BCUT2D eigenvalue weighted by Gasteiger charge is 2.10. The molecule has 0 spiro atoms. The van der Waals surface area contributed by atoms with Crippen LogP contribution >= 0.6 is 27.3 Å². The van der Waals surface area contributed by atoms with E-state index in [4.69, 9.17) is 4.74 Å². The molecule has 1 aromatic heterocycles. The van der Waals surface area contributed by atoms with Gasteiger partial charge in [0.05, 0.1) is 6.61 Å². The van der Waals surface area contributed by atoms with Crippen molar-refractivity contribution < 1.29 is 4.74 Å². The van der Waals surface area contributed by atoms with Crippen molar-refractivity contribution in [3.8, 4) is 5.75 Å². The van der Waals surface area contributed by atoms with E-state index >= 15 is 0 Å². The van der Waals surface area contributed by atoms with Gasteiger partial charge in [0.25, 0.3) is 0 Å². The first-order valence-corrected chi connectivity index (χ1v) is 6.14. The molecule has 1 aromatic carbocycles. The lowest BCUT2D eigenvalue weighted by atomic mass is 10.2. The topological polar surface area (TPSA) is 9.23 Å². The monoisotopic (exact) mass is 270 g/mol. The van der Waals surface area contributed by atoms with Crippen LogP contribution in [0.5, 0.6) is 5.75 Å². The minimum atomic E-state index is 0.707. The van der Waals surface area contributed by atoms with Crippen molar-refractivity contribution in [1.29, 1.82) is 0 Å². The molecule has 0 unspecified atom stereocenters. The van der Waals surface area contributed by atoms with Gasteiger partial charge >= 0.3 is 0 Å². The average molecular weight is 271 g/mol. The molecular formula is C11H11BrOS. The molecule has 0 saturated heterocycles. The fraction of sp³-hybridized carbons (Fsp3) is 0.273. The van der Waals surface area contributed by atoms with Gasteiger partial charge in [-0.1, -0.05) is 6.07 Å². The zero-order valence-corrected chi connectivity index (χ0v) is 10.5. The number of fused-ring (bicyclic) bond motifs is 1. The smallest absolute Gasteiger partial charge is 0.152 e. The normalized spacial score (nSPS) is 10.8. The number of rotatable bonds is 2. The van der Waals surface area contributed by atoms with Crippen molar-refractivity contribution in [3.05, 3.63) is 27.5 Å². The van der Waals surface area contributed by atoms with E-state index in [1.165, 1.54) is 15.6 Å². The summed E-state index contributed by atoms with van der Waals surface area (Å²) in [5.41, 5.74) is 1.29. The Balaban J connectivity index is 2.64. The number of benzene rings is 1. The third-order valence-electron chi connectivity index (χ3n) is 2.05. The first kappa shape index (κ1) is 9.99. The molecule has 1 nitrogen and oxygen atoms in total. The predicted molar refractivity (Wildman–Crippen MR) is 65.4 cm³/mol. The summed E-state index contributed by atoms with van der Waals surface area (Å²) in [5, 5.41) is 1.20. The maximum Gasteiger partial charge on any atom is 0.152 e. The number of thiophene rings is 1. The van der Waals surface area contributed by atoms with E-state index in [-0.39, 0.29) is 0 Å². The molecule has 1 heterocycles. The quantitative estimate of drug-likeness (QED) is 0.788. The number of hydrogen-bond donors (Lipinski definition) is 0. The molecule has 0 N–H and O–H groups in total. The molecule has 2 aromatic rings. The fourth-order valence-electron chi connectivity index (χ4n) is 1.43. The van der Waals surface area contributed by atoms with Gasteiger partial charge in [-0.05, 0) is 47.5 Å². The first-order chi connectivity index (χ1) is 6.72. The second-order valence-electron chi connectivity index (χ2n) is 3.14. The fourth-order valence-corrected chi connectivity index (χ4v) is 3.25. The molecule has 14 heavy (non-hydrogen) atoms. The Morgan fingerprint density at radius 2 is 2.21 bits per heavy atom. The summed E-state index contributed by atoms with van der Waals surface area (Å²) in [6.07, 6.45) is 0. The molecule has 74 valence electrons. The maximum absolute atomic E-state index is 5.59. The zero-order chi connectivity index (χ0) is 10.1. The third kappa shape index (κ3) is 1.66. The molecule has 0 aliphatic carbocycles. The largest absolute Gasteiger partial charge is 0.491 e. The SMILES string of the molecule is CCOc1c(Br)sc2cc(C)ccc12. The Morgan fingerprint density at radius 1 is 1.43 bits per heavy atom. The van der Waals surface area contributed by atoms with E-state index in [9.17, 15) is 0 Å². The summed E-state index contributed by atoms with van der Waals surface area (Å²) in [7, 11) is 0. The van der Waals surface area contributed by atoms with Crippen LogP contribution in [0.4, 0.5) is 0 Å². The van der Waals surface area contributed by atoms with E-state index in [0.717, 1.165) is 9.54 Å². The lowest BCUT2D eigenvalue weighted by Crippen LogP contribution is -1.90. The molecule has 0 atom stereocenters. The average Bonchev–Trinajstić information content (AvgIpc) is 2.43. The van der Waals surface area contributed by atoms with Gasteiger partial charge in [0.15, 0.2) is 5.75 Å². The highest BCUT2D eigenvalue weighted by Crippen LogP contribution is 2.41. The van der Waals surface area contributed by atoms with Crippen molar-refractivity contribution in [3.63, 3.8) is 0 Å². The molecule has 0 aliphatic rings. The first-order valence-electron chi connectivity index (χ1n) is 4.54. The zero-order valence-electron chi connectivity index (χ0n) is 8.13. The number of hydrogen-bond acceptors (Lipinski definition) is 2. The van der Waals surface area contributed by atoms with Crippen LogP contribution in [-0.4, -0.2) is 6.61 Å². The van der Waals surface area contributed by atoms with Crippen LogP contribution in [-0.2, 0) is 0 Å². The van der Waals surface area contributed by atoms with Crippen LogP contribution in [0.2, 0.25) is 0 Å². The molecular weight excluding hydrogens is 260 g/mol. The van der Waals surface area contributed by atoms with Gasteiger partial charge in [-0.3, -0.25) is 0 Å². The minimum absolute atomic E-state index is 0.707. The maximum atomic E-state index is 5.59. The lowest BCUT2D eigenvalue weighted by molar-refractivity contribution is 0.344. The van der Waals surface area contributed by atoms with Crippen molar-refractivity contribution in [1.82, 2.24) is 0 Å². The second kappa shape index (κ2) is 3.91. The summed E-state index contributed by atoms with van der Waals surface area (Å²) in [6, 6.07) is 6.42. The lowest BCUT2D eigenvalue weighted by Gasteiger charge is -2.01. The third-order valence-corrected chi connectivity index (χ3v) is 3.82. The van der Waals surface area contributed by atoms with Crippen LogP contribution in [0.1, 0.15) is 12.5 Å². The Morgan fingerprint density at radius 3 is 2.93 bits per heavy atom. The summed E-state index contributed by atoms with van der Waals surface area (Å²) in [5.74, 6) is 0.979. The van der Waals surface area contributed by atoms with Crippen LogP contribution < -0.4 is 4.74 Å². The summed E-state index contributed by atoms with van der Waals surface area (Å²) in [6.45, 7) is 4.82. The standard InChI is InChI=1S/C11H11BrOS/c1-3-13-10-8-5-4-7(2)6-9(8)14-11(10)12/h4-6H,3H2,1-2H3. The molecule has 0 radical (unpaired) electrons.